The normalized spacial score (nSPS) is 15.2. The zero-order chi connectivity index (χ0) is 18.7. The Morgan fingerprint density at radius 1 is 0.923 bits per heavy atom. The molecule has 0 saturated carbocycles. The van der Waals surface area contributed by atoms with E-state index in [2.05, 4.69) is 0 Å². The predicted octanol–water partition coefficient (Wildman–Crippen LogP) is 3.56. The number of imide groups is 1. The molecule has 5 nitrogen and oxygen atoms in total. The van der Waals surface area contributed by atoms with E-state index in [1.807, 2.05) is 49.2 Å². The topological polar surface area (TPSA) is 49.9 Å². The smallest absolute Gasteiger partial charge is 0.267 e. The molecule has 3 rings (SSSR count). The molecule has 0 radical (unpaired) electrons. The van der Waals surface area contributed by atoms with Gasteiger partial charge in [0.2, 0.25) is 0 Å². The second kappa shape index (κ2) is 7.44. The largest absolute Gasteiger partial charge is 0.495 e. The summed E-state index contributed by atoms with van der Waals surface area (Å²) in [6.45, 7) is 5.61. The molecular weight excluding hydrogens is 328 g/mol. The Morgan fingerprint density at radius 2 is 1.54 bits per heavy atom. The molecule has 2 amide bonds. The van der Waals surface area contributed by atoms with Gasteiger partial charge in [-0.25, -0.2) is 4.90 Å². The van der Waals surface area contributed by atoms with E-state index in [1.54, 1.807) is 24.3 Å². The summed E-state index contributed by atoms with van der Waals surface area (Å²) in [6.07, 6.45) is 1.84. The maximum absolute atomic E-state index is 13.3. The number of hydrogen-bond acceptors (Lipinski definition) is 4. The van der Waals surface area contributed by atoms with Crippen LogP contribution in [0.3, 0.4) is 0 Å². The van der Waals surface area contributed by atoms with Gasteiger partial charge >= 0.3 is 0 Å². The SMILES string of the molecule is CCN(C=C1C(=O)N(c2ccccc2OC)C(=O)c2ccccc21)CC. The number of carbonyl (C=O) groups excluding carboxylic acids is 2. The fraction of sp³-hybridized carbons (Fsp3) is 0.238. The van der Waals surface area contributed by atoms with Gasteiger partial charge in [0, 0.05) is 30.4 Å². The van der Waals surface area contributed by atoms with Crippen molar-refractivity contribution in [2.24, 2.45) is 0 Å². The first-order valence-corrected chi connectivity index (χ1v) is 8.69. The van der Waals surface area contributed by atoms with Crippen LogP contribution in [0, 0.1) is 0 Å². The Labute approximate surface area is 153 Å². The number of methoxy groups -OCH3 is 1. The van der Waals surface area contributed by atoms with E-state index < -0.39 is 0 Å². The minimum atomic E-state index is -0.342. The van der Waals surface area contributed by atoms with Crippen LogP contribution >= 0.6 is 0 Å². The molecule has 0 aliphatic carbocycles. The maximum Gasteiger partial charge on any atom is 0.267 e. The number of hydrogen-bond donors (Lipinski definition) is 0. The van der Waals surface area contributed by atoms with E-state index >= 15 is 0 Å². The lowest BCUT2D eigenvalue weighted by Gasteiger charge is -2.30. The summed E-state index contributed by atoms with van der Waals surface area (Å²) >= 11 is 0. The molecule has 0 bridgehead atoms. The number of anilines is 1. The molecule has 2 aromatic rings. The van der Waals surface area contributed by atoms with Gasteiger partial charge in [0.15, 0.2) is 0 Å². The third-order valence-electron chi connectivity index (χ3n) is 4.53. The van der Waals surface area contributed by atoms with E-state index in [0.29, 0.717) is 28.1 Å². The van der Waals surface area contributed by atoms with Crippen molar-refractivity contribution in [1.82, 2.24) is 4.90 Å². The van der Waals surface area contributed by atoms with Gasteiger partial charge in [0.1, 0.15) is 5.75 Å². The lowest BCUT2D eigenvalue weighted by atomic mass is 9.93. The van der Waals surface area contributed by atoms with Gasteiger partial charge in [-0.1, -0.05) is 30.3 Å². The van der Waals surface area contributed by atoms with Gasteiger partial charge in [0.25, 0.3) is 11.8 Å². The summed E-state index contributed by atoms with van der Waals surface area (Å²) < 4.78 is 5.37. The lowest BCUT2D eigenvalue weighted by molar-refractivity contribution is -0.112. The number of rotatable bonds is 5. The van der Waals surface area contributed by atoms with Crippen LogP contribution in [-0.4, -0.2) is 36.9 Å². The standard InChI is InChI=1S/C21H22N2O3/c1-4-22(5-2)14-17-15-10-6-7-11-16(15)20(24)23(21(17)25)18-12-8-9-13-19(18)26-3/h6-14H,4-5H2,1-3H3. The van der Waals surface area contributed by atoms with Crippen molar-refractivity contribution in [3.05, 3.63) is 65.9 Å². The molecule has 26 heavy (non-hydrogen) atoms. The second-order valence-corrected chi connectivity index (χ2v) is 5.93. The van der Waals surface area contributed by atoms with E-state index in [0.717, 1.165) is 13.1 Å². The van der Waals surface area contributed by atoms with Crippen LogP contribution in [0.5, 0.6) is 5.75 Å². The summed E-state index contributed by atoms with van der Waals surface area (Å²) in [7, 11) is 1.53. The molecule has 0 spiro atoms. The molecule has 0 unspecified atom stereocenters. The van der Waals surface area contributed by atoms with Crippen LogP contribution < -0.4 is 9.64 Å². The summed E-state index contributed by atoms with van der Waals surface area (Å²) in [5.41, 5.74) is 2.14. The second-order valence-electron chi connectivity index (χ2n) is 5.93. The fourth-order valence-corrected chi connectivity index (χ4v) is 3.10. The van der Waals surface area contributed by atoms with Crippen LogP contribution in [0.25, 0.3) is 5.57 Å². The Bertz CT molecular complexity index is 869. The molecule has 0 aromatic heterocycles. The summed E-state index contributed by atoms with van der Waals surface area (Å²) in [5.74, 6) is -0.201. The zero-order valence-electron chi connectivity index (χ0n) is 15.2. The Balaban J connectivity index is 2.20. The van der Waals surface area contributed by atoms with Gasteiger partial charge in [0.05, 0.1) is 18.4 Å². The van der Waals surface area contributed by atoms with Crippen molar-refractivity contribution in [3.63, 3.8) is 0 Å². The van der Waals surface area contributed by atoms with Crippen LogP contribution in [-0.2, 0) is 4.79 Å². The molecule has 0 atom stereocenters. The summed E-state index contributed by atoms with van der Waals surface area (Å²) in [5, 5.41) is 0. The average molecular weight is 350 g/mol. The number of ether oxygens (including phenoxy) is 1. The minimum absolute atomic E-state index is 0.341. The van der Waals surface area contributed by atoms with Gasteiger partial charge < -0.3 is 9.64 Å². The number of amides is 2. The first kappa shape index (κ1) is 17.7. The number of benzene rings is 2. The molecule has 5 heteroatoms. The average Bonchev–Trinajstić information content (AvgIpc) is 2.68. The number of fused-ring (bicyclic) bond motifs is 1. The highest BCUT2D eigenvalue weighted by molar-refractivity contribution is 6.41. The quantitative estimate of drug-likeness (QED) is 0.611. The third-order valence-corrected chi connectivity index (χ3v) is 4.53. The highest BCUT2D eigenvalue weighted by Crippen LogP contribution is 2.36. The minimum Gasteiger partial charge on any atom is -0.495 e. The van der Waals surface area contributed by atoms with Gasteiger partial charge in [-0.05, 0) is 32.0 Å². The van der Waals surface area contributed by atoms with Crippen molar-refractivity contribution in [3.8, 4) is 5.75 Å². The number of nitrogens with zero attached hydrogens (tertiary/aromatic N) is 2. The van der Waals surface area contributed by atoms with Gasteiger partial charge in [-0.3, -0.25) is 9.59 Å². The molecule has 0 N–H and O–H groups in total. The van der Waals surface area contributed by atoms with Crippen LogP contribution in [0.1, 0.15) is 29.8 Å². The lowest BCUT2D eigenvalue weighted by Crippen LogP contribution is -2.42. The van der Waals surface area contributed by atoms with Crippen molar-refractivity contribution in [1.29, 1.82) is 0 Å². The molecule has 0 saturated heterocycles. The summed E-state index contributed by atoms with van der Waals surface area (Å²) in [6, 6.07) is 14.3. The molecule has 2 aromatic carbocycles. The third kappa shape index (κ3) is 2.96. The molecular formula is C21H22N2O3. The Hall–Kier alpha value is -3.08. The van der Waals surface area contributed by atoms with Crippen molar-refractivity contribution in [2.75, 3.05) is 25.1 Å². The Kier molecular flexibility index (Phi) is 5.07. The molecule has 0 fully saturated rings. The van der Waals surface area contributed by atoms with E-state index in [-0.39, 0.29) is 11.8 Å². The predicted molar refractivity (Wildman–Crippen MR) is 102 cm³/mol. The highest BCUT2D eigenvalue weighted by atomic mass is 16.5. The molecule has 1 aliphatic heterocycles. The number of carbonyl (C=O) groups is 2. The molecule has 1 aliphatic rings. The first-order chi connectivity index (χ1) is 12.6. The van der Waals surface area contributed by atoms with Crippen molar-refractivity contribution in [2.45, 2.75) is 13.8 Å². The van der Waals surface area contributed by atoms with Crippen molar-refractivity contribution < 1.29 is 14.3 Å². The highest BCUT2D eigenvalue weighted by Gasteiger charge is 2.37. The maximum atomic E-state index is 13.3. The van der Waals surface area contributed by atoms with Crippen LogP contribution in [0.15, 0.2) is 54.7 Å². The van der Waals surface area contributed by atoms with Crippen molar-refractivity contribution >= 4 is 23.1 Å². The summed E-state index contributed by atoms with van der Waals surface area (Å²) in [4.78, 5) is 29.6. The first-order valence-electron chi connectivity index (χ1n) is 8.69. The number of para-hydroxylation sites is 2. The van der Waals surface area contributed by atoms with E-state index in [4.69, 9.17) is 4.74 Å². The van der Waals surface area contributed by atoms with Gasteiger partial charge in [-0.15, -0.1) is 0 Å². The molecule has 1 heterocycles. The van der Waals surface area contributed by atoms with E-state index in [1.165, 1.54) is 12.0 Å². The monoisotopic (exact) mass is 350 g/mol. The van der Waals surface area contributed by atoms with Gasteiger partial charge in [-0.2, -0.15) is 0 Å². The van der Waals surface area contributed by atoms with Crippen LogP contribution in [0.2, 0.25) is 0 Å². The molecule has 134 valence electrons. The Morgan fingerprint density at radius 3 is 2.19 bits per heavy atom. The van der Waals surface area contributed by atoms with E-state index in [9.17, 15) is 9.59 Å². The zero-order valence-corrected chi connectivity index (χ0v) is 15.2. The fourth-order valence-electron chi connectivity index (χ4n) is 3.10. The van der Waals surface area contributed by atoms with Crippen LogP contribution in [0.4, 0.5) is 5.69 Å².